The van der Waals surface area contributed by atoms with E-state index in [2.05, 4.69) is 5.32 Å². The van der Waals surface area contributed by atoms with Crippen LogP contribution >= 0.6 is 0 Å². The summed E-state index contributed by atoms with van der Waals surface area (Å²) in [5, 5.41) is 2.43. The molecular weight excluding hydrogens is 194 g/mol. The van der Waals surface area contributed by atoms with Crippen LogP contribution in [0.5, 0.6) is 0 Å². The van der Waals surface area contributed by atoms with Gasteiger partial charge in [-0.05, 0) is 26.7 Å². The van der Waals surface area contributed by atoms with E-state index in [1.165, 1.54) is 0 Å². The minimum absolute atomic E-state index is 0.0239. The molecular formula is C11H21NO3. The molecule has 0 atom stereocenters. The van der Waals surface area contributed by atoms with E-state index in [1.807, 2.05) is 13.8 Å². The molecule has 0 aromatic carbocycles. The second kappa shape index (κ2) is 5.73. The lowest BCUT2D eigenvalue weighted by Gasteiger charge is -2.19. The van der Waals surface area contributed by atoms with Crippen molar-refractivity contribution < 1.29 is 14.3 Å². The van der Waals surface area contributed by atoms with Crippen molar-refractivity contribution in [3.63, 3.8) is 0 Å². The Kier molecular flexibility index (Phi) is 5.33. The van der Waals surface area contributed by atoms with Gasteiger partial charge in [0.15, 0.2) is 5.78 Å². The summed E-state index contributed by atoms with van der Waals surface area (Å²) in [5.41, 5.74) is -0.523. The van der Waals surface area contributed by atoms with Gasteiger partial charge in [-0.2, -0.15) is 0 Å². The lowest BCUT2D eigenvalue weighted by atomic mass is 10.1. The molecule has 0 fully saturated rings. The molecule has 1 N–H and O–H groups in total. The molecule has 0 aromatic heterocycles. The van der Waals surface area contributed by atoms with Gasteiger partial charge in [0.05, 0.1) is 6.54 Å². The fourth-order valence-electron chi connectivity index (χ4n) is 1.01. The average Bonchev–Trinajstić information content (AvgIpc) is 1.96. The molecule has 0 rings (SSSR count). The zero-order valence-corrected chi connectivity index (χ0v) is 10.2. The van der Waals surface area contributed by atoms with Gasteiger partial charge in [0.2, 0.25) is 0 Å². The summed E-state index contributed by atoms with van der Waals surface area (Å²) < 4.78 is 4.99. The number of amides is 1. The molecule has 4 nitrogen and oxygen atoms in total. The third kappa shape index (κ3) is 9.25. The summed E-state index contributed by atoms with van der Waals surface area (Å²) in [5.74, 6) is 0.341. The van der Waals surface area contributed by atoms with Crippen LogP contribution in [0.25, 0.3) is 0 Å². The van der Waals surface area contributed by atoms with Crippen LogP contribution in [0.3, 0.4) is 0 Å². The van der Waals surface area contributed by atoms with Crippen molar-refractivity contribution in [2.24, 2.45) is 5.92 Å². The van der Waals surface area contributed by atoms with Crippen LogP contribution < -0.4 is 5.32 Å². The fraction of sp³-hybridized carbons (Fsp3) is 0.818. The first kappa shape index (κ1) is 13.9. The Labute approximate surface area is 91.4 Å². The molecule has 15 heavy (non-hydrogen) atoms. The Morgan fingerprint density at radius 3 is 2.20 bits per heavy atom. The molecule has 88 valence electrons. The number of Topliss-reactive ketones (excluding diaryl/α,β-unsaturated/α-hetero) is 1. The summed E-state index contributed by atoms with van der Waals surface area (Å²) in [7, 11) is 0. The minimum Gasteiger partial charge on any atom is -0.444 e. The van der Waals surface area contributed by atoms with Crippen LogP contribution in [0, 0.1) is 5.92 Å². The summed E-state index contributed by atoms with van der Waals surface area (Å²) in [6.45, 7) is 9.32. The topological polar surface area (TPSA) is 55.4 Å². The quantitative estimate of drug-likeness (QED) is 0.781. The number of hydrogen-bond acceptors (Lipinski definition) is 3. The number of ether oxygens (including phenoxy) is 1. The van der Waals surface area contributed by atoms with Crippen LogP contribution in [-0.2, 0) is 9.53 Å². The van der Waals surface area contributed by atoms with Gasteiger partial charge in [0.25, 0.3) is 0 Å². The van der Waals surface area contributed by atoms with Crippen molar-refractivity contribution in [3.05, 3.63) is 0 Å². The number of carbonyl (C=O) groups is 2. The molecule has 0 radical (unpaired) electrons. The SMILES string of the molecule is CC(C)CC(=O)CNC(=O)OC(C)(C)C. The third-order valence-electron chi connectivity index (χ3n) is 1.46. The summed E-state index contributed by atoms with van der Waals surface area (Å²) in [6.07, 6.45) is -0.0601. The highest BCUT2D eigenvalue weighted by molar-refractivity contribution is 5.84. The summed E-state index contributed by atoms with van der Waals surface area (Å²) in [6, 6.07) is 0. The van der Waals surface area contributed by atoms with Crippen molar-refractivity contribution in [1.29, 1.82) is 0 Å². The first-order chi connectivity index (χ1) is 6.70. The van der Waals surface area contributed by atoms with Crippen LogP contribution in [0.2, 0.25) is 0 Å². The number of ketones is 1. The second-order valence-corrected chi connectivity index (χ2v) is 4.99. The molecule has 0 aliphatic rings. The van der Waals surface area contributed by atoms with Gasteiger partial charge in [0, 0.05) is 6.42 Å². The molecule has 0 saturated carbocycles. The molecule has 0 saturated heterocycles. The maximum Gasteiger partial charge on any atom is 0.408 e. The van der Waals surface area contributed by atoms with Gasteiger partial charge >= 0.3 is 6.09 Å². The zero-order valence-electron chi connectivity index (χ0n) is 10.2. The van der Waals surface area contributed by atoms with E-state index in [0.717, 1.165) is 0 Å². The van der Waals surface area contributed by atoms with Crippen LogP contribution in [0.4, 0.5) is 4.79 Å². The highest BCUT2D eigenvalue weighted by Gasteiger charge is 2.16. The number of nitrogens with one attached hydrogen (secondary N) is 1. The minimum atomic E-state index is -0.542. The van der Waals surface area contributed by atoms with Gasteiger partial charge in [-0.3, -0.25) is 4.79 Å². The molecule has 4 heteroatoms. The van der Waals surface area contributed by atoms with Crippen molar-refractivity contribution in [1.82, 2.24) is 5.32 Å². The first-order valence-corrected chi connectivity index (χ1v) is 5.19. The van der Waals surface area contributed by atoms with Gasteiger partial charge in [-0.25, -0.2) is 4.79 Å². The molecule has 0 unspecified atom stereocenters. The molecule has 0 aliphatic carbocycles. The highest BCUT2D eigenvalue weighted by Crippen LogP contribution is 2.06. The van der Waals surface area contributed by atoms with Gasteiger partial charge in [-0.1, -0.05) is 13.8 Å². The second-order valence-electron chi connectivity index (χ2n) is 4.99. The normalized spacial score (nSPS) is 11.3. The van der Waals surface area contributed by atoms with E-state index in [0.29, 0.717) is 12.3 Å². The summed E-state index contributed by atoms with van der Waals surface area (Å²) in [4.78, 5) is 22.4. The largest absolute Gasteiger partial charge is 0.444 e. The Morgan fingerprint density at radius 2 is 1.80 bits per heavy atom. The van der Waals surface area contributed by atoms with Crippen LogP contribution in [0.15, 0.2) is 0 Å². The Morgan fingerprint density at radius 1 is 1.27 bits per heavy atom. The monoisotopic (exact) mass is 215 g/mol. The standard InChI is InChI=1S/C11H21NO3/c1-8(2)6-9(13)7-12-10(14)15-11(3,4)5/h8H,6-7H2,1-5H3,(H,12,14). The fourth-order valence-corrected chi connectivity index (χ4v) is 1.01. The van der Waals surface area contributed by atoms with Crippen molar-refractivity contribution in [2.75, 3.05) is 6.54 Å². The van der Waals surface area contributed by atoms with Crippen molar-refractivity contribution in [3.8, 4) is 0 Å². The average molecular weight is 215 g/mol. The number of carbonyl (C=O) groups excluding carboxylic acids is 2. The highest BCUT2D eigenvalue weighted by atomic mass is 16.6. The van der Waals surface area contributed by atoms with E-state index in [-0.39, 0.29) is 12.3 Å². The predicted octanol–water partition coefficient (Wildman–Crippen LogP) is 2.13. The zero-order chi connectivity index (χ0) is 12.1. The summed E-state index contributed by atoms with van der Waals surface area (Å²) >= 11 is 0. The predicted molar refractivity (Wildman–Crippen MR) is 58.7 cm³/mol. The van der Waals surface area contributed by atoms with Crippen molar-refractivity contribution >= 4 is 11.9 Å². The lowest BCUT2D eigenvalue weighted by molar-refractivity contribution is -0.118. The number of rotatable bonds is 4. The molecule has 0 bridgehead atoms. The van der Waals surface area contributed by atoms with E-state index < -0.39 is 11.7 Å². The van der Waals surface area contributed by atoms with Gasteiger partial charge in [-0.15, -0.1) is 0 Å². The van der Waals surface area contributed by atoms with Gasteiger partial charge < -0.3 is 10.1 Å². The van der Waals surface area contributed by atoms with Crippen LogP contribution in [0.1, 0.15) is 41.0 Å². The van der Waals surface area contributed by atoms with E-state index in [4.69, 9.17) is 4.74 Å². The Hall–Kier alpha value is -1.06. The molecule has 0 heterocycles. The Bertz CT molecular complexity index is 228. The molecule has 1 amide bonds. The van der Waals surface area contributed by atoms with Crippen molar-refractivity contribution in [2.45, 2.75) is 46.6 Å². The smallest absolute Gasteiger partial charge is 0.408 e. The third-order valence-corrected chi connectivity index (χ3v) is 1.46. The maximum atomic E-state index is 11.3. The van der Waals surface area contributed by atoms with Gasteiger partial charge in [0.1, 0.15) is 5.60 Å². The van der Waals surface area contributed by atoms with E-state index in [9.17, 15) is 9.59 Å². The Balaban J connectivity index is 3.77. The van der Waals surface area contributed by atoms with E-state index in [1.54, 1.807) is 20.8 Å². The number of hydrogen-bond donors (Lipinski definition) is 1. The molecule has 0 aromatic rings. The first-order valence-electron chi connectivity index (χ1n) is 5.19. The van der Waals surface area contributed by atoms with Crippen LogP contribution in [-0.4, -0.2) is 24.0 Å². The van der Waals surface area contributed by atoms with E-state index >= 15 is 0 Å². The maximum absolute atomic E-state index is 11.3. The lowest BCUT2D eigenvalue weighted by Crippen LogP contribution is -2.35. The molecule has 0 spiro atoms. The number of alkyl carbamates (subject to hydrolysis) is 1. The molecule has 0 aliphatic heterocycles.